The van der Waals surface area contributed by atoms with Gasteiger partial charge in [-0.25, -0.2) is 0 Å². The Kier molecular flexibility index (Phi) is 6.15. The van der Waals surface area contributed by atoms with E-state index in [0.29, 0.717) is 5.41 Å². The highest BCUT2D eigenvalue weighted by molar-refractivity contribution is 8.17. The van der Waals surface area contributed by atoms with Crippen LogP contribution < -0.4 is 0 Å². The molecule has 0 aliphatic carbocycles. The van der Waals surface area contributed by atoms with Crippen LogP contribution in [0.4, 0.5) is 0 Å². The molecule has 0 saturated carbocycles. The molecule has 0 nitrogen and oxygen atoms in total. The number of hydrogen-bond donors (Lipinski definition) is 0. The van der Waals surface area contributed by atoms with Crippen molar-refractivity contribution in [1.29, 1.82) is 0 Å². The number of rotatable bonds is 4. The van der Waals surface area contributed by atoms with Crippen molar-refractivity contribution in [2.24, 2.45) is 11.3 Å². The van der Waals surface area contributed by atoms with Gasteiger partial charge in [0.25, 0.3) is 0 Å². The minimum atomic E-state index is 0.481. The summed E-state index contributed by atoms with van der Waals surface area (Å²) in [7, 11) is 0. The highest BCUT2D eigenvalue weighted by Crippen LogP contribution is 2.42. The zero-order valence-electron chi connectivity index (χ0n) is 10.8. The van der Waals surface area contributed by atoms with Gasteiger partial charge in [-0.05, 0) is 35.7 Å². The summed E-state index contributed by atoms with van der Waals surface area (Å²) >= 11 is 4.34. The highest BCUT2D eigenvalue weighted by Gasteiger charge is 2.30. The van der Waals surface area contributed by atoms with E-state index in [0.717, 1.165) is 16.9 Å². The third-order valence-corrected chi connectivity index (χ3v) is 6.42. The Bertz CT molecular complexity index is 226. The van der Waals surface area contributed by atoms with Gasteiger partial charge in [0, 0.05) is 6.42 Å². The largest absolute Gasteiger partial charge is 0.147 e. The molecule has 0 aromatic heterocycles. The summed E-state index contributed by atoms with van der Waals surface area (Å²) in [5, 5.41) is 0. The Hall–Kier alpha value is 0.260. The van der Waals surface area contributed by atoms with Crippen molar-refractivity contribution < 1.29 is 0 Å². The first-order valence-electron chi connectivity index (χ1n) is 6.20. The van der Waals surface area contributed by atoms with Gasteiger partial charge in [0.2, 0.25) is 0 Å². The average molecular weight is 256 g/mol. The van der Waals surface area contributed by atoms with E-state index in [1.807, 2.05) is 0 Å². The van der Waals surface area contributed by atoms with Crippen molar-refractivity contribution in [2.75, 3.05) is 11.5 Å². The van der Waals surface area contributed by atoms with Crippen molar-refractivity contribution in [1.82, 2.24) is 0 Å². The molecule has 1 fully saturated rings. The van der Waals surface area contributed by atoms with Crippen LogP contribution in [0.3, 0.4) is 0 Å². The van der Waals surface area contributed by atoms with E-state index in [1.165, 1.54) is 30.8 Å². The van der Waals surface area contributed by atoms with Crippen molar-refractivity contribution >= 4 is 23.5 Å². The summed E-state index contributed by atoms with van der Waals surface area (Å²) in [5.74, 6) is 6.29. The van der Waals surface area contributed by atoms with Crippen LogP contribution in [0.1, 0.15) is 46.5 Å². The fourth-order valence-corrected chi connectivity index (χ4v) is 5.55. The standard InChI is InChI=1S/C14H24S2/c1-5-6-7-8-9-13-15-10-12(11-16-13)14(2,3)4/h1,12-13H,6-11H2,2-4H3. The van der Waals surface area contributed by atoms with Gasteiger partial charge in [0.1, 0.15) is 0 Å². The van der Waals surface area contributed by atoms with Gasteiger partial charge in [-0.2, -0.15) is 0 Å². The molecule has 1 aliphatic rings. The molecule has 0 aromatic rings. The fraction of sp³-hybridized carbons (Fsp3) is 0.857. The number of thioether (sulfide) groups is 2. The van der Waals surface area contributed by atoms with Gasteiger partial charge in [-0.3, -0.25) is 0 Å². The lowest BCUT2D eigenvalue weighted by atomic mass is 9.83. The first-order valence-corrected chi connectivity index (χ1v) is 8.30. The topological polar surface area (TPSA) is 0 Å². The van der Waals surface area contributed by atoms with Crippen molar-refractivity contribution in [3.8, 4) is 12.3 Å². The Morgan fingerprint density at radius 3 is 2.31 bits per heavy atom. The molecule has 0 amide bonds. The molecule has 0 bridgehead atoms. The summed E-state index contributed by atoms with van der Waals surface area (Å²) < 4.78 is 0.830. The molecule has 0 radical (unpaired) electrons. The SMILES string of the molecule is C#CCCCCC1SCC(C(C)(C)C)CS1. The maximum absolute atomic E-state index is 5.25. The third kappa shape index (κ3) is 5.06. The molecule has 1 rings (SSSR count). The van der Waals surface area contributed by atoms with Crippen LogP contribution >= 0.6 is 23.5 Å². The Morgan fingerprint density at radius 1 is 1.19 bits per heavy atom. The maximum Gasteiger partial charge on any atom is 0.0502 e. The Labute approximate surface area is 110 Å². The quantitative estimate of drug-likeness (QED) is 0.530. The van der Waals surface area contributed by atoms with Crippen molar-refractivity contribution in [2.45, 2.75) is 51.0 Å². The lowest BCUT2D eigenvalue weighted by Crippen LogP contribution is -2.29. The smallest absolute Gasteiger partial charge is 0.0502 e. The molecule has 0 spiro atoms. The summed E-state index contributed by atoms with van der Waals surface area (Å²) in [6.45, 7) is 7.10. The summed E-state index contributed by atoms with van der Waals surface area (Å²) in [6, 6.07) is 0. The second-order valence-corrected chi connectivity index (χ2v) is 8.38. The Balaban J connectivity index is 2.15. The molecule has 92 valence electrons. The molecular formula is C14H24S2. The zero-order valence-corrected chi connectivity index (χ0v) is 12.4. The minimum absolute atomic E-state index is 0.481. The van der Waals surface area contributed by atoms with Crippen molar-refractivity contribution in [3.05, 3.63) is 0 Å². The first kappa shape index (κ1) is 14.3. The predicted molar refractivity (Wildman–Crippen MR) is 79.0 cm³/mol. The summed E-state index contributed by atoms with van der Waals surface area (Å²) in [5.41, 5.74) is 0.481. The van der Waals surface area contributed by atoms with E-state index in [1.54, 1.807) is 0 Å². The van der Waals surface area contributed by atoms with Crippen LogP contribution in [0.2, 0.25) is 0 Å². The monoisotopic (exact) mass is 256 g/mol. The molecule has 0 aromatic carbocycles. The number of hydrogen-bond acceptors (Lipinski definition) is 2. The molecule has 2 heteroatoms. The average Bonchev–Trinajstić information content (AvgIpc) is 2.24. The van der Waals surface area contributed by atoms with Crippen LogP contribution in [0.15, 0.2) is 0 Å². The normalized spacial score (nSPS) is 26.4. The molecule has 16 heavy (non-hydrogen) atoms. The third-order valence-electron chi connectivity index (χ3n) is 3.20. The van der Waals surface area contributed by atoms with Crippen LogP contribution in [-0.2, 0) is 0 Å². The van der Waals surface area contributed by atoms with E-state index < -0.39 is 0 Å². The van der Waals surface area contributed by atoms with Crippen LogP contribution in [0.5, 0.6) is 0 Å². The molecule has 1 saturated heterocycles. The number of terminal acetylenes is 1. The highest BCUT2D eigenvalue weighted by atomic mass is 32.2. The van der Waals surface area contributed by atoms with E-state index >= 15 is 0 Å². The second-order valence-electron chi connectivity index (χ2n) is 5.61. The lowest BCUT2D eigenvalue weighted by Gasteiger charge is -2.36. The van der Waals surface area contributed by atoms with Gasteiger partial charge in [0.15, 0.2) is 0 Å². The molecule has 0 atom stereocenters. The van der Waals surface area contributed by atoms with E-state index in [-0.39, 0.29) is 0 Å². The van der Waals surface area contributed by atoms with Crippen LogP contribution in [0, 0.1) is 23.7 Å². The fourth-order valence-electron chi connectivity index (χ4n) is 1.75. The van der Waals surface area contributed by atoms with E-state index in [9.17, 15) is 0 Å². The summed E-state index contributed by atoms with van der Waals surface area (Å²) in [6.07, 6.45) is 10.1. The maximum atomic E-state index is 5.25. The first-order chi connectivity index (χ1) is 7.54. The summed E-state index contributed by atoms with van der Waals surface area (Å²) in [4.78, 5) is 0. The molecule has 1 aliphatic heterocycles. The van der Waals surface area contributed by atoms with Crippen molar-refractivity contribution in [3.63, 3.8) is 0 Å². The van der Waals surface area contributed by atoms with Crippen LogP contribution in [-0.4, -0.2) is 16.1 Å². The minimum Gasteiger partial charge on any atom is -0.147 e. The van der Waals surface area contributed by atoms with Gasteiger partial charge in [0.05, 0.1) is 4.58 Å². The zero-order chi connectivity index (χ0) is 12.0. The van der Waals surface area contributed by atoms with Crippen LogP contribution in [0.25, 0.3) is 0 Å². The second kappa shape index (κ2) is 6.87. The molecule has 0 unspecified atom stereocenters. The lowest BCUT2D eigenvalue weighted by molar-refractivity contribution is 0.292. The van der Waals surface area contributed by atoms with Gasteiger partial charge >= 0.3 is 0 Å². The molecule has 1 heterocycles. The van der Waals surface area contributed by atoms with E-state index in [4.69, 9.17) is 6.42 Å². The predicted octanol–water partition coefficient (Wildman–Crippen LogP) is 4.65. The van der Waals surface area contributed by atoms with Gasteiger partial charge in [-0.1, -0.05) is 27.2 Å². The van der Waals surface area contributed by atoms with E-state index in [2.05, 4.69) is 50.2 Å². The molecular weight excluding hydrogens is 232 g/mol. The number of unbranched alkanes of at least 4 members (excludes halogenated alkanes) is 2. The molecule has 0 N–H and O–H groups in total. The van der Waals surface area contributed by atoms with Gasteiger partial charge in [-0.15, -0.1) is 35.9 Å². The Morgan fingerprint density at radius 2 is 1.81 bits per heavy atom. The van der Waals surface area contributed by atoms with Gasteiger partial charge < -0.3 is 0 Å².